The molecule has 1 aromatic rings. The highest BCUT2D eigenvalue weighted by Crippen LogP contribution is 2.28. The van der Waals surface area contributed by atoms with Crippen molar-refractivity contribution in [2.24, 2.45) is 5.73 Å². The molecule has 1 aromatic heterocycles. The highest BCUT2D eigenvalue weighted by Gasteiger charge is 2.35. The molecular formula is C14H22N4O. The van der Waals surface area contributed by atoms with Crippen molar-refractivity contribution in [1.82, 2.24) is 14.8 Å². The van der Waals surface area contributed by atoms with Crippen LogP contribution in [0.1, 0.15) is 31.9 Å². The summed E-state index contributed by atoms with van der Waals surface area (Å²) in [5, 5.41) is 0. The number of nitrogens with two attached hydrogens (primary N) is 1. The summed E-state index contributed by atoms with van der Waals surface area (Å²) < 4.78 is 0. The van der Waals surface area contributed by atoms with Gasteiger partial charge in [-0.15, -0.1) is 0 Å². The number of hydrogen-bond donors (Lipinski definition) is 1. The Bertz CT molecular complexity index is 441. The number of urea groups is 1. The topological polar surface area (TPSA) is 62.5 Å². The van der Waals surface area contributed by atoms with E-state index in [0.29, 0.717) is 6.54 Å². The van der Waals surface area contributed by atoms with Crippen LogP contribution in [0.15, 0.2) is 24.5 Å². The van der Waals surface area contributed by atoms with Gasteiger partial charge in [0, 0.05) is 38.1 Å². The molecule has 2 rings (SSSR count). The second kappa shape index (κ2) is 5.17. The van der Waals surface area contributed by atoms with E-state index in [1.807, 2.05) is 37.9 Å². The van der Waals surface area contributed by atoms with Crippen molar-refractivity contribution >= 4 is 6.03 Å². The third-order valence-corrected chi connectivity index (χ3v) is 3.55. The molecule has 5 heteroatoms. The summed E-state index contributed by atoms with van der Waals surface area (Å²) >= 11 is 0. The van der Waals surface area contributed by atoms with Crippen LogP contribution in [0, 0.1) is 0 Å². The molecule has 0 aromatic carbocycles. The Morgan fingerprint density at radius 2 is 2.05 bits per heavy atom. The van der Waals surface area contributed by atoms with Crippen LogP contribution in [0.4, 0.5) is 4.79 Å². The standard InChI is InChI=1S/C14H22N4O/c1-14(2,15)6-9-18-10-12(17(3)13(18)19)11-4-7-16-8-5-11/h4-5,7-8,12H,6,9-10,15H2,1-3H3. The highest BCUT2D eigenvalue weighted by atomic mass is 16.2. The maximum Gasteiger partial charge on any atom is 0.320 e. The fourth-order valence-corrected chi connectivity index (χ4v) is 2.29. The fourth-order valence-electron chi connectivity index (χ4n) is 2.29. The van der Waals surface area contributed by atoms with Crippen LogP contribution in [-0.2, 0) is 0 Å². The minimum atomic E-state index is -0.242. The summed E-state index contributed by atoms with van der Waals surface area (Å²) in [6, 6.07) is 4.11. The maximum atomic E-state index is 12.2. The van der Waals surface area contributed by atoms with E-state index in [-0.39, 0.29) is 17.6 Å². The van der Waals surface area contributed by atoms with E-state index < -0.39 is 0 Å². The van der Waals surface area contributed by atoms with Crippen molar-refractivity contribution in [3.05, 3.63) is 30.1 Å². The zero-order chi connectivity index (χ0) is 14.0. The van der Waals surface area contributed by atoms with Crippen molar-refractivity contribution in [2.45, 2.75) is 31.8 Å². The number of amides is 2. The largest absolute Gasteiger partial charge is 0.325 e. The lowest BCUT2D eigenvalue weighted by molar-refractivity contribution is 0.193. The number of nitrogens with zero attached hydrogens (tertiary/aromatic N) is 3. The predicted molar refractivity (Wildman–Crippen MR) is 74.6 cm³/mol. The molecule has 19 heavy (non-hydrogen) atoms. The first-order valence-corrected chi connectivity index (χ1v) is 6.59. The SMILES string of the molecule is CN1C(=O)N(CCC(C)(C)N)CC1c1ccncc1. The van der Waals surface area contributed by atoms with Gasteiger partial charge in [-0.2, -0.15) is 0 Å². The average Bonchev–Trinajstić information content (AvgIpc) is 2.64. The number of rotatable bonds is 4. The molecule has 2 amide bonds. The number of hydrogen-bond acceptors (Lipinski definition) is 3. The fraction of sp³-hybridized carbons (Fsp3) is 0.571. The van der Waals surface area contributed by atoms with Crippen molar-refractivity contribution < 1.29 is 4.79 Å². The van der Waals surface area contributed by atoms with Crippen LogP contribution < -0.4 is 5.73 Å². The van der Waals surface area contributed by atoms with E-state index in [1.165, 1.54) is 0 Å². The third kappa shape index (κ3) is 3.23. The Morgan fingerprint density at radius 3 is 2.63 bits per heavy atom. The van der Waals surface area contributed by atoms with E-state index in [1.54, 1.807) is 17.3 Å². The summed E-state index contributed by atoms with van der Waals surface area (Å²) in [5.41, 5.74) is 6.86. The van der Waals surface area contributed by atoms with Crippen LogP contribution >= 0.6 is 0 Å². The Balaban J connectivity index is 2.05. The number of carbonyl (C=O) groups excluding carboxylic acids is 1. The van der Waals surface area contributed by atoms with Crippen LogP contribution in [0.5, 0.6) is 0 Å². The second-order valence-corrected chi connectivity index (χ2v) is 5.87. The molecule has 1 saturated heterocycles. The van der Waals surface area contributed by atoms with Gasteiger partial charge in [0.05, 0.1) is 6.04 Å². The predicted octanol–water partition coefficient (Wildman–Crippen LogP) is 1.62. The summed E-state index contributed by atoms with van der Waals surface area (Å²) in [4.78, 5) is 19.9. The molecule has 0 radical (unpaired) electrons. The first kappa shape index (κ1) is 13.8. The zero-order valence-corrected chi connectivity index (χ0v) is 11.8. The molecule has 1 unspecified atom stereocenters. The number of aromatic nitrogens is 1. The Hall–Kier alpha value is -1.62. The Labute approximate surface area is 114 Å². The normalized spacial score (nSPS) is 20.2. The van der Waals surface area contributed by atoms with Gasteiger partial charge in [0.15, 0.2) is 0 Å². The smallest absolute Gasteiger partial charge is 0.320 e. The van der Waals surface area contributed by atoms with Crippen molar-refractivity contribution in [3.8, 4) is 0 Å². The van der Waals surface area contributed by atoms with E-state index in [0.717, 1.165) is 18.5 Å². The average molecular weight is 262 g/mol. The second-order valence-electron chi connectivity index (χ2n) is 5.87. The van der Waals surface area contributed by atoms with Crippen molar-refractivity contribution in [2.75, 3.05) is 20.1 Å². The molecule has 0 bridgehead atoms. The summed E-state index contributed by atoms with van der Waals surface area (Å²) in [5.74, 6) is 0. The van der Waals surface area contributed by atoms with Gasteiger partial charge >= 0.3 is 6.03 Å². The minimum absolute atomic E-state index is 0.0751. The lowest BCUT2D eigenvalue weighted by atomic mass is 10.0. The quantitative estimate of drug-likeness (QED) is 0.896. The first-order valence-electron chi connectivity index (χ1n) is 6.59. The Morgan fingerprint density at radius 1 is 1.42 bits per heavy atom. The van der Waals surface area contributed by atoms with E-state index in [2.05, 4.69) is 4.98 Å². The maximum absolute atomic E-state index is 12.2. The monoisotopic (exact) mass is 262 g/mol. The molecule has 0 aliphatic carbocycles. The van der Waals surface area contributed by atoms with E-state index >= 15 is 0 Å². The number of likely N-dealkylation sites (N-methyl/N-ethyl adjacent to an activating group) is 1. The van der Waals surface area contributed by atoms with Gasteiger partial charge in [-0.25, -0.2) is 4.79 Å². The molecule has 0 saturated carbocycles. The Kier molecular flexibility index (Phi) is 3.75. The van der Waals surface area contributed by atoms with Crippen molar-refractivity contribution in [3.63, 3.8) is 0 Å². The summed E-state index contributed by atoms with van der Waals surface area (Å²) in [6.45, 7) is 5.39. The first-order chi connectivity index (χ1) is 8.88. The van der Waals surface area contributed by atoms with Gasteiger partial charge in [-0.05, 0) is 38.0 Å². The van der Waals surface area contributed by atoms with Crippen LogP contribution in [-0.4, -0.2) is 46.5 Å². The molecule has 104 valence electrons. The van der Waals surface area contributed by atoms with Gasteiger partial charge in [0.2, 0.25) is 0 Å². The molecule has 0 spiro atoms. The van der Waals surface area contributed by atoms with Gasteiger partial charge in [-0.1, -0.05) is 0 Å². The number of carbonyl (C=O) groups is 1. The number of pyridine rings is 1. The van der Waals surface area contributed by atoms with Gasteiger partial charge in [0.25, 0.3) is 0 Å². The minimum Gasteiger partial charge on any atom is -0.325 e. The molecule has 2 N–H and O–H groups in total. The molecule has 1 aliphatic heterocycles. The third-order valence-electron chi connectivity index (χ3n) is 3.55. The van der Waals surface area contributed by atoms with Crippen molar-refractivity contribution in [1.29, 1.82) is 0 Å². The highest BCUT2D eigenvalue weighted by molar-refractivity contribution is 5.77. The van der Waals surface area contributed by atoms with Gasteiger partial charge in [-0.3, -0.25) is 4.98 Å². The molecule has 1 aliphatic rings. The van der Waals surface area contributed by atoms with E-state index in [4.69, 9.17) is 5.73 Å². The molecule has 5 nitrogen and oxygen atoms in total. The van der Waals surface area contributed by atoms with Gasteiger partial charge in [0.1, 0.15) is 0 Å². The van der Waals surface area contributed by atoms with Crippen LogP contribution in [0.3, 0.4) is 0 Å². The van der Waals surface area contributed by atoms with Gasteiger partial charge < -0.3 is 15.5 Å². The zero-order valence-electron chi connectivity index (χ0n) is 11.8. The molecule has 2 heterocycles. The molecule has 1 fully saturated rings. The lowest BCUT2D eigenvalue weighted by Gasteiger charge is -2.22. The molecular weight excluding hydrogens is 240 g/mol. The summed E-state index contributed by atoms with van der Waals surface area (Å²) in [7, 11) is 1.85. The lowest BCUT2D eigenvalue weighted by Crippen LogP contribution is -2.38. The van der Waals surface area contributed by atoms with Crippen LogP contribution in [0.2, 0.25) is 0 Å². The van der Waals surface area contributed by atoms with Crippen LogP contribution in [0.25, 0.3) is 0 Å². The van der Waals surface area contributed by atoms with E-state index in [9.17, 15) is 4.79 Å². The summed E-state index contributed by atoms with van der Waals surface area (Å²) in [6.07, 6.45) is 4.33. The molecule has 1 atom stereocenters.